The number of nitrogens with one attached hydrogen (secondary N) is 2. The van der Waals surface area contributed by atoms with E-state index in [2.05, 4.69) is 5.32 Å². The molecule has 0 aliphatic heterocycles. The minimum atomic E-state index is -0.527. The van der Waals surface area contributed by atoms with Gasteiger partial charge in [-0.1, -0.05) is 37.3 Å². The third kappa shape index (κ3) is 3.59. The maximum Gasteiger partial charge on any atom is 0.231 e. The second-order valence-corrected chi connectivity index (χ2v) is 4.06. The summed E-state index contributed by atoms with van der Waals surface area (Å²) < 4.78 is 0. The Morgan fingerprint density at radius 1 is 1.41 bits per heavy atom. The highest BCUT2D eigenvalue weighted by Crippen LogP contribution is 2.12. The molecule has 1 rings (SSSR count). The monoisotopic (exact) mass is 233 g/mol. The van der Waals surface area contributed by atoms with E-state index in [-0.39, 0.29) is 17.8 Å². The molecule has 2 atom stereocenters. The lowest BCUT2D eigenvalue weighted by atomic mass is 10.0. The predicted octanol–water partition coefficient (Wildman–Crippen LogP) is 1.83. The fourth-order valence-electron chi connectivity index (χ4n) is 1.69. The van der Waals surface area contributed by atoms with Crippen molar-refractivity contribution in [3.05, 3.63) is 35.9 Å². The molecule has 1 amide bonds. The minimum absolute atomic E-state index is 0.0721. The van der Waals surface area contributed by atoms with Gasteiger partial charge in [-0.25, -0.2) is 0 Å². The number of amides is 1. The molecule has 0 saturated heterocycles. The Morgan fingerprint density at radius 3 is 2.47 bits per heavy atom. The topological polar surface area (TPSA) is 79.0 Å². The number of rotatable bonds is 5. The lowest BCUT2D eigenvalue weighted by Gasteiger charge is -2.18. The smallest absolute Gasteiger partial charge is 0.231 e. The molecule has 0 aromatic heterocycles. The Kier molecular flexibility index (Phi) is 4.69. The Bertz CT molecular complexity index is 389. The molecule has 4 N–H and O–H groups in total. The SMILES string of the molecule is CCC(C(=N)N)C(=O)N[C@@H](C)c1ccccc1. The zero-order valence-corrected chi connectivity index (χ0v) is 10.2. The van der Waals surface area contributed by atoms with Gasteiger partial charge < -0.3 is 11.1 Å². The van der Waals surface area contributed by atoms with Crippen LogP contribution in [0.3, 0.4) is 0 Å². The summed E-state index contributed by atoms with van der Waals surface area (Å²) in [6.45, 7) is 3.76. The van der Waals surface area contributed by atoms with Crippen LogP contribution in [0.25, 0.3) is 0 Å². The number of hydrogen-bond donors (Lipinski definition) is 3. The van der Waals surface area contributed by atoms with Gasteiger partial charge in [0, 0.05) is 0 Å². The second-order valence-electron chi connectivity index (χ2n) is 4.06. The van der Waals surface area contributed by atoms with Crippen molar-refractivity contribution >= 4 is 11.7 Å². The highest BCUT2D eigenvalue weighted by atomic mass is 16.2. The van der Waals surface area contributed by atoms with E-state index in [1.54, 1.807) is 0 Å². The van der Waals surface area contributed by atoms with Crippen molar-refractivity contribution in [3.63, 3.8) is 0 Å². The van der Waals surface area contributed by atoms with E-state index in [0.717, 1.165) is 5.56 Å². The maximum atomic E-state index is 11.9. The first-order valence-corrected chi connectivity index (χ1v) is 5.75. The molecule has 0 aliphatic rings. The Labute approximate surface area is 102 Å². The molecule has 0 bridgehead atoms. The Morgan fingerprint density at radius 2 is 2.00 bits per heavy atom. The van der Waals surface area contributed by atoms with E-state index in [9.17, 15) is 4.79 Å². The van der Waals surface area contributed by atoms with Crippen molar-refractivity contribution in [2.45, 2.75) is 26.3 Å². The van der Waals surface area contributed by atoms with Gasteiger partial charge in [0.2, 0.25) is 5.91 Å². The van der Waals surface area contributed by atoms with Crippen LogP contribution in [-0.2, 0) is 4.79 Å². The number of amidine groups is 1. The molecule has 4 nitrogen and oxygen atoms in total. The van der Waals surface area contributed by atoms with Crippen LogP contribution in [0.1, 0.15) is 31.9 Å². The molecular formula is C13H19N3O. The third-order valence-corrected chi connectivity index (χ3v) is 2.76. The summed E-state index contributed by atoms with van der Waals surface area (Å²) in [7, 11) is 0. The van der Waals surface area contributed by atoms with Gasteiger partial charge in [0.1, 0.15) is 5.84 Å². The summed E-state index contributed by atoms with van der Waals surface area (Å²) in [5.41, 5.74) is 6.43. The third-order valence-electron chi connectivity index (χ3n) is 2.76. The highest BCUT2D eigenvalue weighted by molar-refractivity contribution is 6.00. The summed E-state index contributed by atoms with van der Waals surface area (Å²) in [5.74, 6) is -0.789. The van der Waals surface area contributed by atoms with Crippen LogP contribution in [-0.4, -0.2) is 11.7 Å². The van der Waals surface area contributed by atoms with Crippen LogP contribution in [0.5, 0.6) is 0 Å². The lowest BCUT2D eigenvalue weighted by Crippen LogP contribution is -2.39. The van der Waals surface area contributed by atoms with Crippen LogP contribution >= 0.6 is 0 Å². The minimum Gasteiger partial charge on any atom is -0.387 e. The molecule has 4 heteroatoms. The van der Waals surface area contributed by atoms with Crippen molar-refractivity contribution in [1.82, 2.24) is 5.32 Å². The number of carbonyl (C=O) groups is 1. The first kappa shape index (κ1) is 13.2. The van der Waals surface area contributed by atoms with E-state index in [0.29, 0.717) is 6.42 Å². The quantitative estimate of drug-likeness (QED) is 0.536. The molecule has 1 aromatic carbocycles. The number of benzene rings is 1. The zero-order valence-electron chi connectivity index (χ0n) is 10.2. The summed E-state index contributed by atoms with van der Waals surface area (Å²) >= 11 is 0. The largest absolute Gasteiger partial charge is 0.387 e. The van der Waals surface area contributed by atoms with E-state index in [4.69, 9.17) is 11.1 Å². The maximum absolute atomic E-state index is 11.9. The molecule has 0 fully saturated rings. The van der Waals surface area contributed by atoms with Crippen molar-refractivity contribution in [2.75, 3.05) is 0 Å². The lowest BCUT2D eigenvalue weighted by molar-refractivity contribution is -0.123. The number of hydrogen-bond acceptors (Lipinski definition) is 2. The molecule has 0 heterocycles. The molecule has 0 saturated carbocycles. The summed E-state index contributed by atoms with van der Waals surface area (Å²) in [4.78, 5) is 11.9. The molecule has 92 valence electrons. The van der Waals surface area contributed by atoms with Crippen LogP contribution in [0.2, 0.25) is 0 Å². The van der Waals surface area contributed by atoms with Gasteiger partial charge in [-0.15, -0.1) is 0 Å². The molecule has 0 radical (unpaired) electrons. The first-order chi connectivity index (χ1) is 8.06. The number of nitrogens with two attached hydrogens (primary N) is 1. The van der Waals surface area contributed by atoms with Gasteiger partial charge in [0.05, 0.1) is 12.0 Å². The van der Waals surface area contributed by atoms with Crippen molar-refractivity contribution in [1.29, 1.82) is 5.41 Å². The molecule has 0 aliphatic carbocycles. The van der Waals surface area contributed by atoms with E-state index in [1.807, 2.05) is 44.2 Å². The van der Waals surface area contributed by atoms with Gasteiger partial charge in [0.15, 0.2) is 0 Å². The summed E-state index contributed by atoms with van der Waals surface area (Å²) in [5, 5.41) is 10.2. The predicted molar refractivity (Wildman–Crippen MR) is 68.7 cm³/mol. The van der Waals surface area contributed by atoms with E-state index < -0.39 is 5.92 Å². The average molecular weight is 233 g/mol. The fraction of sp³-hybridized carbons (Fsp3) is 0.385. The second kappa shape index (κ2) is 6.03. The van der Waals surface area contributed by atoms with Gasteiger partial charge in [-0.2, -0.15) is 0 Å². The van der Waals surface area contributed by atoms with Crippen molar-refractivity contribution < 1.29 is 4.79 Å². The molecular weight excluding hydrogens is 214 g/mol. The molecule has 1 unspecified atom stereocenters. The van der Waals surface area contributed by atoms with Crippen LogP contribution in [0.4, 0.5) is 0 Å². The van der Waals surface area contributed by atoms with E-state index in [1.165, 1.54) is 0 Å². The Hall–Kier alpha value is -1.84. The fourth-order valence-corrected chi connectivity index (χ4v) is 1.69. The van der Waals surface area contributed by atoms with Gasteiger partial charge in [-0.3, -0.25) is 10.2 Å². The van der Waals surface area contributed by atoms with Crippen LogP contribution < -0.4 is 11.1 Å². The van der Waals surface area contributed by atoms with Crippen LogP contribution in [0.15, 0.2) is 30.3 Å². The number of carbonyl (C=O) groups excluding carboxylic acids is 1. The van der Waals surface area contributed by atoms with Crippen LogP contribution in [0, 0.1) is 11.3 Å². The Balaban J connectivity index is 2.66. The zero-order chi connectivity index (χ0) is 12.8. The molecule has 0 spiro atoms. The van der Waals surface area contributed by atoms with Crippen molar-refractivity contribution in [3.8, 4) is 0 Å². The standard InChI is InChI=1S/C13H19N3O/c1-3-11(12(14)15)13(17)16-9(2)10-7-5-4-6-8-10/h4-9,11H,3H2,1-2H3,(H3,14,15)(H,16,17)/t9-,11?/m0/s1. The normalized spacial score (nSPS) is 13.8. The average Bonchev–Trinajstić information content (AvgIpc) is 2.30. The molecule has 1 aromatic rings. The molecule has 17 heavy (non-hydrogen) atoms. The van der Waals surface area contributed by atoms with Gasteiger partial charge in [-0.05, 0) is 18.9 Å². The highest BCUT2D eigenvalue weighted by Gasteiger charge is 2.21. The summed E-state index contributed by atoms with van der Waals surface area (Å²) in [6, 6.07) is 9.64. The summed E-state index contributed by atoms with van der Waals surface area (Å²) in [6.07, 6.45) is 0.544. The van der Waals surface area contributed by atoms with Gasteiger partial charge in [0.25, 0.3) is 0 Å². The first-order valence-electron chi connectivity index (χ1n) is 5.75. The van der Waals surface area contributed by atoms with Crippen molar-refractivity contribution in [2.24, 2.45) is 11.7 Å². The van der Waals surface area contributed by atoms with Gasteiger partial charge >= 0.3 is 0 Å². The van der Waals surface area contributed by atoms with E-state index >= 15 is 0 Å².